The molecule has 0 saturated heterocycles. The quantitative estimate of drug-likeness (QED) is 0.363. The van der Waals surface area contributed by atoms with Crippen LogP contribution in [0.5, 0.6) is 0 Å². The lowest BCUT2D eigenvalue weighted by molar-refractivity contribution is 0.626. The molecule has 1 fully saturated rings. The number of hydrogen-bond acceptors (Lipinski definition) is 0. The Morgan fingerprint density at radius 3 is 1.38 bits per heavy atom. The monoisotopic (exact) mass is 390 g/mol. The molecule has 0 N–H and O–H groups in total. The summed E-state index contributed by atoms with van der Waals surface area (Å²) in [5.74, 6) is 0.412. The van der Waals surface area contributed by atoms with Crippen LogP contribution in [-0.2, 0) is 25.7 Å². The van der Waals surface area contributed by atoms with E-state index in [2.05, 4.69) is 18.2 Å². The summed E-state index contributed by atoms with van der Waals surface area (Å²) in [4.78, 5) is 0. The maximum atomic E-state index is 13.1. The van der Waals surface area contributed by atoms with Gasteiger partial charge in [-0.2, -0.15) is 0 Å². The van der Waals surface area contributed by atoms with Crippen LogP contribution in [0.1, 0.15) is 59.4 Å². The molecule has 0 amide bonds. The van der Waals surface area contributed by atoms with Crippen LogP contribution in [0.2, 0.25) is 0 Å². The van der Waals surface area contributed by atoms with Gasteiger partial charge in [-0.15, -0.1) is 0 Å². The first-order chi connectivity index (χ1) is 14.2. The number of aryl methyl sites for hydroxylation is 4. The minimum Gasteiger partial charge on any atom is -0.207 e. The highest BCUT2D eigenvalue weighted by molar-refractivity contribution is 5.35. The highest BCUT2D eigenvalue weighted by atomic mass is 19.1. The molecule has 0 atom stereocenters. The van der Waals surface area contributed by atoms with Crippen LogP contribution in [0.25, 0.3) is 0 Å². The van der Waals surface area contributed by atoms with Gasteiger partial charge in [0.05, 0.1) is 0 Å². The third-order valence-electron chi connectivity index (χ3n) is 5.81. The summed E-state index contributed by atoms with van der Waals surface area (Å²) >= 11 is 0. The molecule has 0 unspecified atom stereocenters. The maximum absolute atomic E-state index is 13.1. The fraction of sp³-hybridized carbons (Fsp3) is 0.333. The van der Waals surface area contributed by atoms with Crippen molar-refractivity contribution in [3.05, 3.63) is 106 Å². The lowest BCUT2D eigenvalue weighted by Crippen LogP contribution is -1.97. The van der Waals surface area contributed by atoms with Crippen LogP contribution >= 0.6 is 0 Å². The second kappa shape index (κ2) is 9.35. The first-order valence-electron chi connectivity index (χ1n) is 10.8. The van der Waals surface area contributed by atoms with Gasteiger partial charge < -0.3 is 0 Å². The van der Waals surface area contributed by atoms with Gasteiger partial charge >= 0.3 is 0 Å². The van der Waals surface area contributed by atoms with Crippen molar-refractivity contribution in [2.45, 2.75) is 57.3 Å². The van der Waals surface area contributed by atoms with E-state index in [0.717, 1.165) is 44.4 Å². The van der Waals surface area contributed by atoms with E-state index in [1.165, 1.54) is 40.7 Å². The zero-order valence-corrected chi connectivity index (χ0v) is 16.8. The number of hydrogen-bond donors (Lipinski definition) is 0. The Bertz CT molecular complexity index is 852. The molecule has 4 rings (SSSR count). The second-order valence-corrected chi connectivity index (χ2v) is 8.32. The largest absolute Gasteiger partial charge is 0.207 e. The van der Waals surface area contributed by atoms with Gasteiger partial charge in [0.1, 0.15) is 11.6 Å². The molecule has 29 heavy (non-hydrogen) atoms. The summed E-state index contributed by atoms with van der Waals surface area (Å²) in [6, 6.07) is 20.9. The molecule has 150 valence electrons. The topological polar surface area (TPSA) is 0 Å². The third kappa shape index (κ3) is 6.00. The molecule has 0 radical (unpaired) electrons. The fourth-order valence-electron chi connectivity index (χ4n) is 4.03. The zero-order chi connectivity index (χ0) is 20.1. The molecule has 0 aromatic heterocycles. The molecule has 1 saturated carbocycles. The molecule has 0 bridgehead atoms. The minimum absolute atomic E-state index is 0.170. The highest BCUT2D eigenvalue weighted by Gasteiger charge is 2.24. The summed E-state index contributed by atoms with van der Waals surface area (Å²) in [6.45, 7) is 0. The Hall–Kier alpha value is -2.48. The van der Waals surface area contributed by atoms with Gasteiger partial charge in [-0.3, -0.25) is 0 Å². The molecule has 2 heteroatoms. The molecule has 0 aliphatic heterocycles. The van der Waals surface area contributed by atoms with Crippen molar-refractivity contribution >= 4 is 0 Å². The van der Waals surface area contributed by atoms with E-state index in [1.807, 2.05) is 24.3 Å². The standard InChI is InChI=1S/C27H28F2/c28-26-13-7-20(8-14-26)3-1-5-22-17-23(19-25(18-22)24-11-12-24)6-2-4-21-9-15-27(29)16-10-21/h7-10,13-19,24H,1-6,11-12H2. The highest BCUT2D eigenvalue weighted by Crippen LogP contribution is 2.41. The van der Waals surface area contributed by atoms with Gasteiger partial charge in [0.25, 0.3) is 0 Å². The summed E-state index contributed by atoms with van der Waals surface area (Å²) < 4.78 is 26.1. The van der Waals surface area contributed by atoms with E-state index in [1.54, 1.807) is 24.3 Å². The Kier molecular flexibility index (Phi) is 6.39. The van der Waals surface area contributed by atoms with Crippen molar-refractivity contribution in [2.75, 3.05) is 0 Å². The van der Waals surface area contributed by atoms with Gasteiger partial charge in [0, 0.05) is 0 Å². The number of rotatable bonds is 9. The summed E-state index contributed by atoms with van der Waals surface area (Å²) in [5.41, 5.74) is 6.75. The van der Waals surface area contributed by atoms with Gasteiger partial charge in [0.15, 0.2) is 0 Å². The van der Waals surface area contributed by atoms with Crippen LogP contribution < -0.4 is 0 Å². The molecule has 3 aromatic rings. The van der Waals surface area contributed by atoms with Crippen molar-refractivity contribution in [2.24, 2.45) is 0 Å². The van der Waals surface area contributed by atoms with Crippen molar-refractivity contribution in [3.63, 3.8) is 0 Å². The predicted molar refractivity (Wildman–Crippen MR) is 115 cm³/mol. The lowest BCUT2D eigenvalue weighted by Gasteiger charge is -2.10. The van der Waals surface area contributed by atoms with E-state index in [0.29, 0.717) is 0 Å². The van der Waals surface area contributed by atoms with Crippen molar-refractivity contribution in [1.29, 1.82) is 0 Å². The SMILES string of the molecule is Fc1ccc(CCCc2cc(CCCc3ccc(F)cc3)cc(C3CC3)c2)cc1. The summed E-state index contributed by atoms with van der Waals surface area (Å²) in [5, 5.41) is 0. The van der Waals surface area contributed by atoms with Crippen LogP contribution in [0.3, 0.4) is 0 Å². The van der Waals surface area contributed by atoms with Crippen LogP contribution in [-0.4, -0.2) is 0 Å². The van der Waals surface area contributed by atoms with Gasteiger partial charge in [-0.25, -0.2) is 8.78 Å². The number of benzene rings is 3. The molecular formula is C27H28F2. The maximum Gasteiger partial charge on any atom is 0.123 e. The third-order valence-corrected chi connectivity index (χ3v) is 5.81. The van der Waals surface area contributed by atoms with E-state index in [-0.39, 0.29) is 11.6 Å². The predicted octanol–water partition coefficient (Wildman–Crippen LogP) is 7.19. The molecule has 3 aromatic carbocycles. The molecule has 0 spiro atoms. The molecule has 0 nitrogen and oxygen atoms in total. The first-order valence-corrected chi connectivity index (χ1v) is 10.8. The summed E-state index contributed by atoms with van der Waals surface area (Å²) in [6.07, 6.45) is 8.86. The Labute approximate surface area is 172 Å². The Morgan fingerprint density at radius 2 is 0.966 bits per heavy atom. The van der Waals surface area contributed by atoms with E-state index in [4.69, 9.17) is 0 Å². The van der Waals surface area contributed by atoms with Crippen molar-refractivity contribution in [1.82, 2.24) is 0 Å². The summed E-state index contributed by atoms with van der Waals surface area (Å²) in [7, 11) is 0. The van der Waals surface area contributed by atoms with Gasteiger partial charge in [-0.1, -0.05) is 42.5 Å². The first kappa shape index (κ1) is 19.8. The fourth-order valence-corrected chi connectivity index (χ4v) is 4.03. The Balaban J connectivity index is 1.35. The lowest BCUT2D eigenvalue weighted by atomic mass is 9.95. The molecule has 1 aliphatic carbocycles. The van der Waals surface area contributed by atoms with Crippen LogP contribution in [0.15, 0.2) is 66.7 Å². The average Bonchev–Trinajstić information content (AvgIpc) is 3.56. The number of halogens is 2. The zero-order valence-electron chi connectivity index (χ0n) is 16.8. The van der Waals surface area contributed by atoms with Crippen LogP contribution in [0.4, 0.5) is 8.78 Å². The van der Waals surface area contributed by atoms with Gasteiger partial charge in [-0.05, 0) is 109 Å². The van der Waals surface area contributed by atoms with Crippen LogP contribution in [0, 0.1) is 11.6 Å². The van der Waals surface area contributed by atoms with Crippen molar-refractivity contribution < 1.29 is 8.78 Å². The Morgan fingerprint density at radius 1 is 0.552 bits per heavy atom. The van der Waals surface area contributed by atoms with E-state index in [9.17, 15) is 8.78 Å². The van der Waals surface area contributed by atoms with Gasteiger partial charge in [0.2, 0.25) is 0 Å². The molecule has 1 aliphatic rings. The van der Waals surface area contributed by atoms with E-state index < -0.39 is 0 Å². The molecular weight excluding hydrogens is 362 g/mol. The molecule has 0 heterocycles. The average molecular weight is 391 g/mol. The minimum atomic E-state index is -0.170. The smallest absolute Gasteiger partial charge is 0.123 e. The second-order valence-electron chi connectivity index (χ2n) is 8.32. The normalized spacial score (nSPS) is 13.6. The van der Waals surface area contributed by atoms with E-state index >= 15 is 0 Å². The van der Waals surface area contributed by atoms with Crippen molar-refractivity contribution in [3.8, 4) is 0 Å².